The summed E-state index contributed by atoms with van der Waals surface area (Å²) >= 11 is 0. The second-order valence-electron chi connectivity index (χ2n) is 6.49. The molecule has 0 aliphatic heterocycles. The Morgan fingerprint density at radius 2 is 2.06 bits per heavy atom. The maximum absolute atomic E-state index is 11.9. The first-order chi connectivity index (χ1) is 7.95. The van der Waals surface area contributed by atoms with E-state index in [1.165, 1.54) is 12.0 Å². The molecule has 2 saturated carbocycles. The van der Waals surface area contributed by atoms with Crippen molar-refractivity contribution in [1.29, 1.82) is 0 Å². The summed E-state index contributed by atoms with van der Waals surface area (Å²) in [4.78, 5) is 11.9. The van der Waals surface area contributed by atoms with Crippen LogP contribution in [0, 0.1) is 23.2 Å². The van der Waals surface area contributed by atoms with Gasteiger partial charge in [-0.2, -0.15) is 0 Å². The Kier molecular flexibility index (Phi) is 3.44. The summed E-state index contributed by atoms with van der Waals surface area (Å²) in [6, 6.07) is 0. The molecule has 2 fully saturated rings. The lowest BCUT2D eigenvalue weighted by Gasteiger charge is -2.53. The first-order valence-corrected chi connectivity index (χ1v) is 6.77. The van der Waals surface area contributed by atoms with Crippen LogP contribution in [0.4, 0.5) is 0 Å². The van der Waals surface area contributed by atoms with Crippen LogP contribution in [0.5, 0.6) is 0 Å². The molecule has 2 heteroatoms. The standard InChI is InChI=1S/C15H24O2/c1-10-4-7-14(17)11(9-16)5-6-13-12(10)8-15(13,2)3/h11-13,16H,1,4-9H2,2-3H3/t11-,12-,13-/m1/s1. The van der Waals surface area contributed by atoms with Crippen molar-refractivity contribution in [1.82, 2.24) is 0 Å². The van der Waals surface area contributed by atoms with Crippen LogP contribution in [0.1, 0.15) is 46.0 Å². The third kappa shape index (κ3) is 2.33. The number of Topliss-reactive ketones (excluding diaryl/α,β-unsaturated/α-hetero) is 1. The van der Waals surface area contributed by atoms with Gasteiger partial charge in [0.25, 0.3) is 0 Å². The van der Waals surface area contributed by atoms with Crippen LogP contribution in [-0.2, 0) is 4.79 Å². The van der Waals surface area contributed by atoms with E-state index in [1.807, 2.05) is 0 Å². The molecule has 0 saturated heterocycles. The molecule has 2 aliphatic rings. The first-order valence-electron chi connectivity index (χ1n) is 6.77. The number of rotatable bonds is 1. The van der Waals surface area contributed by atoms with E-state index in [0.717, 1.165) is 19.3 Å². The first kappa shape index (κ1) is 12.8. The average molecular weight is 236 g/mol. The Hall–Kier alpha value is -0.630. The summed E-state index contributed by atoms with van der Waals surface area (Å²) in [5.74, 6) is 1.39. The minimum atomic E-state index is -0.127. The zero-order valence-corrected chi connectivity index (χ0v) is 11.0. The predicted molar refractivity (Wildman–Crippen MR) is 68.6 cm³/mol. The van der Waals surface area contributed by atoms with Gasteiger partial charge in [-0.05, 0) is 42.9 Å². The minimum Gasteiger partial charge on any atom is -0.396 e. The molecule has 2 aliphatic carbocycles. The van der Waals surface area contributed by atoms with E-state index in [9.17, 15) is 9.90 Å². The van der Waals surface area contributed by atoms with E-state index in [1.54, 1.807) is 0 Å². The highest BCUT2D eigenvalue weighted by atomic mass is 16.3. The van der Waals surface area contributed by atoms with Crippen molar-refractivity contribution < 1.29 is 9.90 Å². The van der Waals surface area contributed by atoms with Gasteiger partial charge in [0, 0.05) is 12.3 Å². The van der Waals surface area contributed by atoms with Gasteiger partial charge in [0.05, 0.1) is 6.61 Å². The number of ketones is 1. The number of carbonyl (C=O) groups excluding carboxylic acids is 1. The van der Waals surface area contributed by atoms with E-state index in [-0.39, 0.29) is 18.3 Å². The number of allylic oxidation sites excluding steroid dienone is 1. The van der Waals surface area contributed by atoms with Crippen LogP contribution in [0.2, 0.25) is 0 Å². The average Bonchev–Trinajstić information content (AvgIpc) is 2.31. The molecule has 17 heavy (non-hydrogen) atoms. The van der Waals surface area contributed by atoms with Crippen LogP contribution >= 0.6 is 0 Å². The molecular formula is C15H24O2. The second kappa shape index (κ2) is 4.56. The molecule has 3 atom stereocenters. The van der Waals surface area contributed by atoms with E-state index >= 15 is 0 Å². The quantitative estimate of drug-likeness (QED) is 0.711. The van der Waals surface area contributed by atoms with Gasteiger partial charge in [-0.1, -0.05) is 26.0 Å². The topological polar surface area (TPSA) is 37.3 Å². The monoisotopic (exact) mass is 236 g/mol. The van der Waals surface area contributed by atoms with Gasteiger partial charge in [-0.25, -0.2) is 0 Å². The molecule has 0 unspecified atom stereocenters. The lowest BCUT2D eigenvalue weighted by atomic mass is 9.52. The summed E-state index contributed by atoms with van der Waals surface area (Å²) < 4.78 is 0. The van der Waals surface area contributed by atoms with Crippen LogP contribution in [0.3, 0.4) is 0 Å². The molecule has 0 radical (unpaired) electrons. The van der Waals surface area contributed by atoms with Crippen molar-refractivity contribution in [3.8, 4) is 0 Å². The number of hydrogen-bond acceptors (Lipinski definition) is 2. The van der Waals surface area contributed by atoms with Gasteiger partial charge in [-0.3, -0.25) is 4.79 Å². The minimum absolute atomic E-state index is 0.0170. The highest BCUT2D eigenvalue weighted by Crippen LogP contribution is 2.56. The Morgan fingerprint density at radius 1 is 1.35 bits per heavy atom. The van der Waals surface area contributed by atoms with Gasteiger partial charge in [0.1, 0.15) is 5.78 Å². The van der Waals surface area contributed by atoms with Crippen molar-refractivity contribution in [2.75, 3.05) is 6.61 Å². The van der Waals surface area contributed by atoms with Gasteiger partial charge < -0.3 is 5.11 Å². The largest absolute Gasteiger partial charge is 0.396 e. The van der Waals surface area contributed by atoms with Crippen molar-refractivity contribution in [2.24, 2.45) is 23.2 Å². The molecule has 0 heterocycles. The highest BCUT2D eigenvalue weighted by molar-refractivity contribution is 5.81. The Bertz CT molecular complexity index is 330. The fourth-order valence-electron chi connectivity index (χ4n) is 3.67. The number of carbonyl (C=O) groups is 1. The fourth-order valence-corrected chi connectivity index (χ4v) is 3.67. The molecule has 1 N–H and O–H groups in total. The van der Waals surface area contributed by atoms with Crippen LogP contribution in [-0.4, -0.2) is 17.5 Å². The lowest BCUT2D eigenvalue weighted by Crippen LogP contribution is -2.44. The SMILES string of the molecule is C=C1CCC(=O)[C@@H](CO)CC[C@@H]2[C@@H]1CC2(C)C. The summed E-state index contributed by atoms with van der Waals surface area (Å²) in [6.07, 6.45) is 4.54. The molecule has 0 aromatic carbocycles. The normalized spacial score (nSPS) is 37.5. The zero-order valence-electron chi connectivity index (χ0n) is 11.0. The summed E-state index contributed by atoms with van der Waals surface area (Å²) in [5, 5.41) is 9.29. The molecule has 2 nitrogen and oxygen atoms in total. The Balaban J connectivity index is 2.12. The molecule has 0 amide bonds. The highest BCUT2D eigenvalue weighted by Gasteiger charge is 2.48. The Morgan fingerprint density at radius 3 is 2.65 bits per heavy atom. The van der Waals surface area contributed by atoms with Gasteiger partial charge in [0.2, 0.25) is 0 Å². The molecule has 0 aromatic rings. The number of aliphatic hydroxyl groups excluding tert-OH is 1. The van der Waals surface area contributed by atoms with Crippen molar-refractivity contribution in [2.45, 2.75) is 46.0 Å². The number of hydrogen-bond donors (Lipinski definition) is 1. The van der Waals surface area contributed by atoms with Gasteiger partial charge in [0.15, 0.2) is 0 Å². The lowest BCUT2D eigenvalue weighted by molar-refractivity contribution is -0.124. The third-order valence-corrected chi connectivity index (χ3v) is 4.95. The molecule has 0 aromatic heterocycles. The van der Waals surface area contributed by atoms with Crippen LogP contribution < -0.4 is 0 Å². The molecule has 0 bridgehead atoms. The van der Waals surface area contributed by atoms with Crippen molar-refractivity contribution >= 4 is 5.78 Å². The smallest absolute Gasteiger partial charge is 0.138 e. The summed E-state index contributed by atoms with van der Waals surface area (Å²) in [7, 11) is 0. The van der Waals surface area contributed by atoms with Crippen molar-refractivity contribution in [3.05, 3.63) is 12.2 Å². The molecule has 96 valence electrons. The van der Waals surface area contributed by atoms with E-state index in [0.29, 0.717) is 23.7 Å². The number of fused-ring (bicyclic) bond motifs is 1. The Labute approximate surface area is 104 Å². The predicted octanol–water partition coefficient (Wildman–Crippen LogP) is 2.96. The summed E-state index contributed by atoms with van der Waals surface area (Å²) in [5.41, 5.74) is 1.65. The van der Waals surface area contributed by atoms with Crippen LogP contribution in [0.25, 0.3) is 0 Å². The van der Waals surface area contributed by atoms with E-state index in [4.69, 9.17) is 0 Å². The molecule has 2 rings (SSSR count). The molecule has 0 spiro atoms. The fraction of sp³-hybridized carbons (Fsp3) is 0.800. The number of aliphatic hydroxyl groups is 1. The maximum atomic E-state index is 11.9. The summed E-state index contributed by atoms with van der Waals surface area (Å²) in [6.45, 7) is 8.82. The van der Waals surface area contributed by atoms with E-state index < -0.39 is 0 Å². The second-order valence-corrected chi connectivity index (χ2v) is 6.49. The zero-order chi connectivity index (χ0) is 12.6. The van der Waals surface area contributed by atoms with Gasteiger partial charge >= 0.3 is 0 Å². The van der Waals surface area contributed by atoms with Crippen LogP contribution in [0.15, 0.2) is 12.2 Å². The maximum Gasteiger partial charge on any atom is 0.138 e. The van der Waals surface area contributed by atoms with Gasteiger partial charge in [-0.15, -0.1) is 0 Å². The van der Waals surface area contributed by atoms with E-state index in [2.05, 4.69) is 20.4 Å². The molecular weight excluding hydrogens is 212 g/mol. The third-order valence-electron chi connectivity index (χ3n) is 4.95. The van der Waals surface area contributed by atoms with Crippen molar-refractivity contribution in [3.63, 3.8) is 0 Å².